The molecule has 230 valence electrons. The number of aliphatic hydroxyl groups is 1. The van der Waals surface area contributed by atoms with Crippen LogP contribution in [0.3, 0.4) is 0 Å². The van der Waals surface area contributed by atoms with Crippen molar-refractivity contribution in [1.82, 2.24) is 9.21 Å². The van der Waals surface area contributed by atoms with Crippen molar-refractivity contribution in [3.8, 4) is 11.5 Å². The smallest absolute Gasteiger partial charge is 0.242 e. The lowest BCUT2D eigenvalue weighted by molar-refractivity contribution is -0.134. The number of anilines is 1. The number of fused-ring (bicyclic) bond motifs is 1. The quantitative estimate of drug-likeness (QED) is 0.449. The molecule has 0 spiro atoms. The number of methoxy groups -OCH3 is 1. The van der Waals surface area contributed by atoms with E-state index in [1.807, 2.05) is 6.92 Å². The minimum Gasteiger partial charge on any atom is -0.497 e. The van der Waals surface area contributed by atoms with Crippen molar-refractivity contribution in [2.24, 2.45) is 11.8 Å². The second-order valence-electron chi connectivity index (χ2n) is 11.5. The Labute approximate surface area is 249 Å². The first-order valence-electron chi connectivity index (χ1n) is 14.6. The van der Waals surface area contributed by atoms with Crippen molar-refractivity contribution in [2.45, 2.75) is 69.4 Å². The summed E-state index contributed by atoms with van der Waals surface area (Å²) < 4.78 is 39.7. The predicted octanol–water partition coefficient (Wildman–Crippen LogP) is 3.68. The molecular formula is C31H43N3O7S. The molecule has 0 bridgehead atoms. The number of carbonyl (C=O) groups is 2. The molecule has 1 aliphatic carbocycles. The van der Waals surface area contributed by atoms with Gasteiger partial charge < -0.3 is 24.8 Å². The van der Waals surface area contributed by atoms with Crippen LogP contribution in [-0.4, -0.2) is 80.5 Å². The fourth-order valence-electron chi connectivity index (χ4n) is 5.61. The lowest BCUT2D eigenvalue weighted by atomic mass is 9.88. The Morgan fingerprint density at radius 3 is 2.50 bits per heavy atom. The summed E-state index contributed by atoms with van der Waals surface area (Å²) in [6.45, 7) is 3.79. The summed E-state index contributed by atoms with van der Waals surface area (Å²) in [7, 11) is -0.818. The average molecular weight is 602 g/mol. The van der Waals surface area contributed by atoms with Crippen molar-refractivity contribution in [1.29, 1.82) is 0 Å². The van der Waals surface area contributed by atoms with Crippen LogP contribution in [0.15, 0.2) is 47.4 Å². The highest BCUT2D eigenvalue weighted by atomic mass is 32.2. The molecule has 1 aliphatic heterocycles. The first-order chi connectivity index (χ1) is 20.0. The maximum atomic E-state index is 13.5. The number of rotatable bonds is 9. The van der Waals surface area contributed by atoms with Gasteiger partial charge in [0, 0.05) is 36.7 Å². The van der Waals surface area contributed by atoms with Crippen molar-refractivity contribution >= 4 is 27.5 Å². The van der Waals surface area contributed by atoms with Crippen LogP contribution < -0.4 is 14.8 Å². The molecule has 2 N–H and O–H groups in total. The van der Waals surface area contributed by atoms with Crippen LogP contribution in [0.4, 0.5) is 5.69 Å². The van der Waals surface area contributed by atoms with Gasteiger partial charge in [-0.2, -0.15) is 4.31 Å². The largest absolute Gasteiger partial charge is 0.497 e. The number of ether oxygens (including phenoxy) is 2. The summed E-state index contributed by atoms with van der Waals surface area (Å²) in [6, 6.07) is 11.0. The molecule has 0 saturated heterocycles. The molecule has 1 saturated carbocycles. The molecule has 0 aromatic heterocycles. The van der Waals surface area contributed by atoms with Gasteiger partial charge in [0.1, 0.15) is 17.6 Å². The van der Waals surface area contributed by atoms with Crippen molar-refractivity contribution in [2.75, 3.05) is 39.2 Å². The van der Waals surface area contributed by atoms with E-state index in [-0.39, 0.29) is 54.7 Å². The maximum Gasteiger partial charge on any atom is 0.242 e. The van der Waals surface area contributed by atoms with Gasteiger partial charge in [-0.05, 0) is 62.2 Å². The van der Waals surface area contributed by atoms with Gasteiger partial charge in [-0.15, -0.1) is 0 Å². The number of nitrogens with one attached hydrogen (secondary N) is 1. The second-order valence-corrected chi connectivity index (χ2v) is 13.5. The van der Waals surface area contributed by atoms with E-state index < -0.39 is 22.2 Å². The number of hydrogen-bond donors (Lipinski definition) is 2. The Bertz CT molecular complexity index is 1340. The summed E-state index contributed by atoms with van der Waals surface area (Å²) in [5.41, 5.74) is 1.18. The standard InChI is InChI=1S/C31H43N3O7S/c1-21-18-34(22(2)20-35)30(36)17-24-16-25(32-31(37)23-8-6-5-7-9-23)10-15-28(24)41-29(21)19-33(3)42(38,39)27-13-11-26(40-4)12-14-27/h10-16,21-23,29,35H,5-9,17-20H2,1-4H3,(H,32,37)/t21-,22-,29+/m0/s1. The molecule has 2 aromatic rings. The summed E-state index contributed by atoms with van der Waals surface area (Å²) in [5, 5.41) is 12.9. The molecule has 2 aromatic carbocycles. The van der Waals surface area contributed by atoms with Gasteiger partial charge in [0.25, 0.3) is 0 Å². The summed E-state index contributed by atoms with van der Waals surface area (Å²) in [5.74, 6) is 0.536. The third-order valence-electron chi connectivity index (χ3n) is 8.36. The number of carbonyl (C=O) groups excluding carboxylic acids is 2. The molecular weight excluding hydrogens is 558 g/mol. The molecule has 10 nitrogen and oxygen atoms in total. The van der Waals surface area contributed by atoms with E-state index in [4.69, 9.17) is 9.47 Å². The van der Waals surface area contributed by atoms with E-state index in [2.05, 4.69) is 5.32 Å². The zero-order valence-electron chi connectivity index (χ0n) is 24.9. The summed E-state index contributed by atoms with van der Waals surface area (Å²) in [4.78, 5) is 28.2. The number of nitrogens with zero attached hydrogens (tertiary/aromatic N) is 2. The minimum atomic E-state index is -3.84. The average Bonchev–Trinajstić information content (AvgIpc) is 3.04. The van der Waals surface area contributed by atoms with E-state index >= 15 is 0 Å². The number of amides is 2. The molecule has 2 amide bonds. The molecule has 1 fully saturated rings. The first-order valence-corrected chi connectivity index (χ1v) is 16.1. The Morgan fingerprint density at radius 2 is 1.86 bits per heavy atom. The molecule has 1 heterocycles. The number of likely N-dealkylation sites (N-methyl/N-ethyl adjacent to an activating group) is 1. The van der Waals surface area contributed by atoms with Crippen LogP contribution in [0.1, 0.15) is 51.5 Å². The minimum absolute atomic E-state index is 0.0163. The molecule has 42 heavy (non-hydrogen) atoms. The molecule has 3 atom stereocenters. The highest BCUT2D eigenvalue weighted by Crippen LogP contribution is 2.31. The predicted molar refractivity (Wildman–Crippen MR) is 160 cm³/mol. The number of aliphatic hydroxyl groups excluding tert-OH is 1. The highest BCUT2D eigenvalue weighted by molar-refractivity contribution is 7.89. The van der Waals surface area contributed by atoms with Gasteiger partial charge in [-0.1, -0.05) is 26.2 Å². The molecule has 11 heteroatoms. The number of benzene rings is 2. The Kier molecular flexibility index (Phi) is 10.5. The highest BCUT2D eigenvalue weighted by Gasteiger charge is 2.33. The van der Waals surface area contributed by atoms with E-state index in [0.29, 0.717) is 22.7 Å². The number of hydrogen-bond acceptors (Lipinski definition) is 7. The van der Waals surface area contributed by atoms with Crippen LogP contribution in [-0.2, 0) is 26.0 Å². The SMILES string of the molecule is COc1ccc(S(=O)(=O)N(C)C[C@H]2Oc3ccc(NC(=O)C4CCCCC4)cc3CC(=O)N([C@@H](C)CO)C[C@@H]2C)cc1. The van der Waals surface area contributed by atoms with Gasteiger partial charge >= 0.3 is 0 Å². The maximum absolute atomic E-state index is 13.5. The van der Waals surface area contributed by atoms with Crippen molar-refractivity contribution in [3.05, 3.63) is 48.0 Å². The van der Waals surface area contributed by atoms with Gasteiger partial charge in [0.15, 0.2) is 0 Å². The third kappa shape index (κ3) is 7.43. The second kappa shape index (κ2) is 13.9. The van der Waals surface area contributed by atoms with Crippen molar-refractivity contribution < 1.29 is 32.6 Å². The normalized spacial score (nSPS) is 21.0. The van der Waals surface area contributed by atoms with Gasteiger partial charge in [-0.3, -0.25) is 9.59 Å². The zero-order valence-corrected chi connectivity index (χ0v) is 25.7. The lowest BCUT2D eigenvalue weighted by Gasteiger charge is -2.33. The first kappa shape index (κ1) is 31.8. The van der Waals surface area contributed by atoms with Crippen LogP contribution in [0, 0.1) is 11.8 Å². The van der Waals surface area contributed by atoms with Crippen LogP contribution in [0.2, 0.25) is 0 Å². The summed E-state index contributed by atoms with van der Waals surface area (Å²) >= 11 is 0. The monoisotopic (exact) mass is 601 g/mol. The molecule has 0 unspecified atom stereocenters. The van der Waals surface area contributed by atoms with Gasteiger partial charge in [0.2, 0.25) is 21.8 Å². The van der Waals surface area contributed by atoms with E-state index in [9.17, 15) is 23.1 Å². The molecule has 4 rings (SSSR count). The molecule has 0 radical (unpaired) electrons. The Hall–Kier alpha value is -3.15. The van der Waals surface area contributed by atoms with Crippen LogP contribution in [0.5, 0.6) is 11.5 Å². The zero-order chi connectivity index (χ0) is 30.4. The van der Waals surface area contributed by atoms with E-state index in [1.54, 1.807) is 42.2 Å². The van der Waals surface area contributed by atoms with E-state index in [0.717, 1.165) is 32.1 Å². The Balaban J connectivity index is 1.61. The third-order valence-corrected chi connectivity index (χ3v) is 10.2. The lowest BCUT2D eigenvalue weighted by Crippen LogP contribution is -2.48. The van der Waals surface area contributed by atoms with Crippen molar-refractivity contribution in [3.63, 3.8) is 0 Å². The molecule has 2 aliphatic rings. The number of sulfonamides is 1. The topological polar surface area (TPSA) is 125 Å². The van der Waals surface area contributed by atoms with Gasteiger partial charge in [-0.25, -0.2) is 8.42 Å². The van der Waals surface area contributed by atoms with Crippen LogP contribution >= 0.6 is 0 Å². The Morgan fingerprint density at radius 1 is 1.17 bits per heavy atom. The van der Waals surface area contributed by atoms with E-state index in [1.165, 1.54) is 30.6 Å². The summed E-state index contributed by atoms with van der Waals surface area (Å²) in [6.07, 6.45) is 4.41. The fraction of sp³-hybridized carbons (Fsp3) is 0.548. The van der Waals surface area contributed by atoms with Gasteiger partial charge in [0.05, 0.1) is 37.6 Å². The fourth-order valence-corrected chi connectivity index (χ4v) is 6.80. The van der Waals surface area contributed by atoms with Crippen LogP contribution in [0.25, 0.3) is 0 Å².